The number of piperidine rings is 1. The summed E-state index contributed by atoms with van der Waals surface area (Å²) in [4.78, 5) is 30.3. The fraction of sp³-hybridized carbons (Fsp3) is 0.462. The van der Waals surface area contributed by atoms with Crippen molar-refractivity contribution in [3.8, 4) is 0 Å². The molecule has 0 radical (unpaired) electrons. The zero-order valence-corrected chi connectivity index (χ0v) is 18.7. The summed E-state index contributed by atoms with van der Waals surface area (Å²) in [6, 6.07) is 20.3. The van der Waals surface area contributed by atoms with Crippen LogP contribution in [-0.2, 0) is 9.53 Å². The van der Waals surface area contributed by atoms with Crippen LogP contribution in [-0.4, -0.2) is 47.0 Å². The Hall–Kier alpha value is -2.82. The maximum Gasteiger partial charge on any atom is 0.410 e. The molecule has 0 aliphatic carbocycles. The van der Waals surface area contributed by atoms with Gasteiger partial charge < -0.3 is 14.5 Å². The summed E-state index contributed by atoms with van der Waals surface area (Å²) in [6.07, 6.45) is 2.08. The molecule has 1 unspecified atom stereocenters. The van der Waals surface area contributed by atoms with Crippen molar-refractivity contribution in [2.75, 3.05) is 19.6 Å². The zero-order valence-electron chi connectivity index (χ0n) is 18.7. The van der Waals surface area contributed by atoms with Gasteiger partial charge in [-0.2, -0.15) is 0 Å². The number of benzene rings is 2. The van der Waals surface area contributed by atoms with Crippen LogP contribution in [0.4, 0.5) is 4.79 Å². The van der Waals surface area contributed by atoms with Crippen molar-refractivity contribution in [1.82, 2.24) is 9.80 Å². The molecule has 2 aliphatic rings. The van der Waals surface area contributed by atoms with Crippen LogP contribution in [0.5, 0.6) is 0 Å². The van der Waals surface area contributed by atoms with Gasteiger partial charge in [0.15, 0.2) is 0 Å². The number of nitrogens with zero attached hydrogens (tertiary/aromatic N) is 2. The first-order valence-electron chi connectivity index (χ1n) is 11.2. The van der Waals surface area contributed by atoms with Crippen molar-refractivity contribution < 1.29 is 14.3 Å². The standard InChI is InChI=1S/C26H32N2O3/c1-25(2,3)31-24(30)27-17-10-15-26(19-27)16-18-28(23(26)29)22(20-11-6-4-7-12-20)21-13-8-5-9-14-21/h4-9,11-14,22H,10,15-19H2,1-3H3. The monoisotopic (exact) mass is 420 g/mol. The number of hydrogen-bond donors (Lipinski definition) is 0. The first-order chi connectivity index (χ1) is 14.8. The minimum atomic E-state index is -0.543. The zero-order chi connectivity index (χ0) is 22.1. The molecule has 0 aromatic heterocycles. The minimum absolute atomic E-state index is 0.119. The van der Waals surface area contributed by atoms with E-state index in [2.05, 4.69) is 24.3 Å². The summed E-state index contributed by atoms with van der Waals surface area (Å²) in [5.74, 6) is 0.151. The molecule has 1 spiro atoms. The van der Waals surface area contributed by atoms with Gasteiger partial charge in [0, 0.05) is 19.6 Å². The average Bonchev–Trinajstić information content (AvgIpc) is 3.04. The van der Waals surface area contributed by atoms with Crippen LogP contribution in [0.3, 0.4) is 0 Å². The third-order valence-corrected chi connectivity index (χ3v) is 6.32. The number of ether oxygens (including phenoxy) is 1. The molecule has 0 N–H and O–H groups in total. The van der Waals surface area contributed by atoms with Gasteiger partial charge in [-0.3, -0.25) is 4.79 Å². The lowest BCUT2D eigenvalue weighted by atomic mass is 9.78. The molecule has 1 atom stereocenters. The number of hydrogen-bond acceptors (Lipinski definition) is 3. The van der Waals surface area contributed by atoms with Crippen molar-refractivity contribution in [1.29, 1.82) is 0 Å². The van der Waals surface area contributed by atoms with E-state index in [1.54, 1.807) is 4.90 Å². The lowest BCUT2D eigenvalue weighted by Crippen LogP contribution is -2.51. The molecule has 4 rings (SSSR count). The van der Waals surface area contributed by atoms with Gasteiger partial charge in [-0.05, 0) is 51.2 Å². The molecule has 164 valence electrons. The molecule has 5 heteroatoms. The van der Waals surface area contributed by atoms with Crippen molar-refractivity contribution >= 4 is 12.0 Å². The fourth-order valence-electron chi connectivity index (χ4n) is 4.91. The Morgan fingerprint density at radius 3 is 2.06 bits per heavy atom. The first kappa shape index (κ1) is 21.4. The number of carbonyl (C=O) groups is 2. The van der Waals surface area contributed by atoms with Gasteiger partial charge in [-0.15, -0.1) is 0 Å². The summed E-state index contributed by atoms with van der Waals surface area (Å²) < 4.78 is 5.59. The van der Waals surface area contributed by atoms with Crippen LogP contribution in [0, 0.1) is 5.41 Å². The highest BCUT2D eigenvalue weighted by Gasteiger charge is 2.51. The first-order valence-corrected chi connectivity index (χ1v) is 11.2. The van der Waals surface area contributed by atoms with Gasteiger partial charge in [-0.1, -0.05) is 60.7 Å². The predicted octanol–water partition coefficient (Wildman–Crippen LogP) is 5.03. The van der Waals surface area contributed by atoms with E-state index in [1.807, 2.05) is 62.1 Å². The second-order valence-electron chi connectivity index (χ2n) is 9.76. The molecular formula is C26H32N2O3. The van der Waals surface area contributed by atoms with Crippen LogP contribution in [0.25, 0.3) is 0 Å². The Balaban J connectivity index is 1.60. The van der Waals surface area contributed by atoms with E-state index >= 15 is 0 Å². The maximum absolute atomic E-state index is 13.9. The van der Waals surface area contributed by atoms with Crippen LogP contribution < -0.4 is 0 Å². The molecule has 2 heterocycles. The number of amides is 2. The average molecular weight is 421 g/mol. The van der Waals surface area contributed by atoms with E-state index < -0.39 is 11.0 Å². The lowest BCUT2D eigenvalue weighted by Gasteiger charge is -2.40. The molecular weight excluding hydrogens is 388 g/mol. The molecule has 2 fully saturated rings. The summed E-state index contributed by atoms with van der Waals surface area (Å²) in [7, 11) is 0. The number of carbonyl (C=O) groups excluding carboxylic acids is 2. The Morgan fingerprint density at radius 1 is 0.935 bits per heavy atom. The van der Waals surface area contributed by atoms with Gasteiger partial charge >= 0.3 is 6.09 Å². The highest BCUT2D eigenvalue weighted by molar-refractivity contribution is 5.87. The summed E-state index contributed by atoms with van der Waals surface area (Å²) in [5, 5.41) is 0. The van der Waals surface area contributed by atoms with Crippen LogP contribution >= 0.6 is 0 Å². The molecule has 2 saturated heterocycles. The van der Waals surface area contributed by atoms with Gasteiger partial charge in [0.1, 0.15) is 5.60 Å². The van der Waals surface area contributed by atoms with Crippen LogP contribution in [0.15, 0.2) is 60.7 Å². The smallest absolute Gasteiger partial charge is 0.410 e. The highest BCUT2D eigenvalue weighted by Crippen LogP contribution is 2.44. The summed E-state index contributed by atoms with van der Waals surface area (Å²) in [6.45, 7) is 7.39. The topological polar surface area (TPSA) is 49.9 Å². The second-order valence-corrected chi connectivity index (χ2v) is 9.76. The maximum atomic E-state index is 13.9. The quantitative estimate of drug-likeness (QED) is 0.700. The van der Waals surface area contributed by atoms with E-state index in [4.69, 9.17) is 4.74 Å². The molecule has 2 amide bonds. The van der Waals surface area contributed by atoms with E-state index in [0.717, 1.165) is 30.4 Å². The number of rotatable bonds is 3. The third kappa shape index (κ3) is 4.46. The molecule has 2 aromatic rings. The van der Waals surface area contributed by atoms with Gasteiger partial charge in [-0.25, -0.2) is 4.79 Å². The third-order valence-electron chi connectivity index (χ3n) is 6.32. The molecule has 0 saturated carbocycles. The Morgan fingerprint density at radius 2 is 1.52 bits per heavy atom. The second kappa shape index (κ2) is 8.37. The van der Waals surface area contributed by atoms with Crippen LogP contribution in [0.2, 0.25) is 0 Å². The highest BCUT2D eigenvalue weighted by atomic mass is 16.6. The Bertz CT molecular complexity index is 883. The molecule has 2 aliphatic heterocycles. The normalized spacial score (nSPS) is 21.7. The molecule has 5 nitrogen and oxygen atoms in total. The van der Waals surface area contributed by atoms with E-state index in [-0.39, 0.29) is 18.0 Å². The van der Waals surface area contributed by atoms with Gasteiger partial charge in [0.05, 0.1) is 11.5 Å². The van der Waals surface area contributed by atoms with Crippen molar-refractivity contribution in [3.05, 3.63) is 71.8 Å². The van der Waals surface area contributed by atoms with Crippen molar-refractivity contribution in [2.45, 2.75) is 51.7 Å². The lowest BCUT2D eigenvalue weighted by molar-refractivity contribution is -0.139. The van der Waals surface area contributed by atoms with E-state index in [1.165, 1.54) is 0 Å². The SMILES string of the molecule is CC(C)(C)OC(=O)N1CCCC2(CCN(C(c3ccccc3)c3ccccc3)C2=O)C1. The van der Waals surface area contributed by atoms with Crippen molar-refractivity contribution in [2.24, 2.45) is 5.41 Å². The largest absolute Gasteiger partial charge is 0.444 e. The molecule has 31 heavy (non-hydrogen) atoms. The Kier molecular flexibility index (Phi) is 5.78. The van der Waals surface area contributed by atoms with Crippen molar-refractivity contribution in [3.63, 3.8) is 0 Å². The Labute approximate surface area is 185 Å². The van der Waals surface area contributed by atoms with Gasteiger partial charge in [0.25, 0.3) is 0 Å². The summed E-state index contributed by atoms with van der Waals surface area (Å²) in [5.41, 5.74) is 1.16. The molecule has 0 bridgehead atoms. The van der Waals surface area contributed by atoms with E-state index in [9.17, 15) is 9.59 Å². The summed E-state index contributed by atoms with van der Waals surface area (Å²) >= 11 is 0. The van der Waals surface area contributed by atoms with Gasteiger partial charge in [0.2, 0.25) is 5.91 Å². The minimum Gasteiger partial charge on any atom is -0.444 e. The predicted molar refractivity (Wildman–Crippen MR) is 121 cm³/mol. The number of likely N-dealkylation sites (tertiary alicyclic amines) is 2. The van der Waals surface area contributed by atoms with Crippen LogP contribution in [0.1, 0.15) is 57.2 Å². The fourth-order valence-corrected chi connectivity index (χ4v) is 4.91. The van der Waals surface area contributed by atoms with E-state index in [0.29, 0.717) is 19.6 Å². The molecule has 2 aromatic carbocycles.